The highest BCUT2D eigenvalue weighted by atomic mass is 19.3. The van der Waals surface area contributed by atoms with E-state index < -0.39 is 17.7 Å². The SMILES string of the molecule is Cc1cc(-c2cc(N)on2)c(O)c(C(F)F)c1. The third-order valence-electron chi connectivity index (χ3n) is 2.32. The van der Waals surface area contributed by atoms with Crippen LogP contribution < -0.4 is 5.73 Å². The molecule has 0 unspecified atom stereocenters. The summed E-state index contributed by atoms with van der Waals surface area (Å²) in [5.74, 6) is -0.446. The predicted octanol–water partition coefficient (Wildman–Crippen LogP) is 2.88. The molecule has 0 saturated carbocycles. The zero-order valence-electron chi connectivity index (χ0n) is 8.95. The van der Waals surface area contributed by atoms with Gasteiger partial charge < -0.3 is 15.4 Å². The molecular formula is C11H10F2N2O2. The minimum atomic E-state index is -2.75. The number of nitrogen functional groups attached to an aromatic ring is 1. The number of hydrogen-bond acceptors (Lipinski definition) is 4. The first kappa shape index (κ1) is 11.4. The van der Waals surface area contributed by atoms with Gasteiger partial charge in [0.1, 0.15) is 11.4 Å². The fourth-order valence-electron chi connectivity index (χ4n) is 1.58. The maximum atomic E-state index is 12.7. The van der Waals surface area contributed by atoms with Crippen LogP contribution in [0.25, 0.3) is 11.3 Å². The second-order valence-electron chi connectivity index (χ2n) is 3.67. The van der Waals surface area contributed by atoms with E-state index in [1.165, 1.54) is 12.1 Å². The average Bonchev–Trinajstić information content (AvgIpc) is 2.67. The number of nitrogens with two attached hydrogens (primary N) is 1. The summed E-state index contributed by atoms with van der Waals surface area (Å²) in [5.41, 5.74) is 5.91. The molecule has 90 valence electrons. The van der Waals surface area contributed by atoms with Crippen molar-refractivity contribution >= 4 is 5.88 Å². The van der Waals surface area contributed by atoms with Gasteiger partial charge >= 0.3 is 0 Å². The van der Waals surface area contributed by atoms with Gasteiger partial charge in [-0.05, 0) is 24.6 Å². The summed E-state index contributed by atoms with van der Waals surface area (Å²) in [6.07, 6.45) is -2.75. The molecule has 0 spiro atoms. The lowest BCUT2D eigenvalue weighted by Gasteiger charge is -2.08. The van der Waals surface area contributed by atoms with Crippen molar-refractivity contribution in [2.24, 2.45) is 0 Å². The van der Waals surface area contributed by atoms with Gasteiger partial charge in [-0.15, -0.1) is 0 Å². The molecule has 0 aliphatic rings. The van der Waals surface area contributed by atoms with Gasteiger partial charge in [-0.1, -0.05) is 5.16 Å². The Bertz CT molecular complexity index is 552. The topological polar surface area (TPSA) is 72.3 Å². The first-order valence-corrected chi connectivity index (χ1v) is 4.83. The molecule has 1 heterocycles. The molecule has 2 rings (SSSR count). The molecule has 6 heteroatoms. The van der Waals surface area contributed by atoms with Crippen molar-refractivity contribution in [3.8, 4) is 17.0 Å². The van der Waals surface area contributed by atoms with E-state index in [0.29, 0.717) is 5.56 Å². The third kappa shape index (κ3) is 2.06. The smallest absolute Gasteiger partial charge is 0.267 e. The molecule has 2 aromatic rings. The molecule has 0 amide bonds. The van der Waals surface area contributed by atoms with Crippen LogP contribution in [0.5, 0.6) is 5.75 Å². The number of phenols is 1. The van der Waals surface area contributed by atoms with Crippen molar-refractivity contribution in [3.05, 3.63) is 29.3 Å². The van der Waals surface area contributed by atoms with Gasteiger partial charge in [0, 0.05) is 11.6 Å². The van der Waals surface area contributed by atoms with Crippen LogP contribution in [0.4, 0.5) is 14.7 Å². The van der Waals surface area contributed by atoms with E-state index in [-0.39, 0.29) is 17.1 Å². The summed E-state index contributed by atoms with van der Waals surface area (Å²) in [6, 6.07) is 4.13. The maximum absolute atomic E-state index is 12.7. The van der Waals surface area contributed by atoms with Gasteiger partial charge in [0.25, 0.3) is 6.43 Å². The normalized spacial score (nSPS) is 11.1. The highest BCUT2D eigenvalue weighted by Gasteiger charge is 2.19. The van der Waals surface area contributed by atoms with E-state index in [9.17, 15) is 13.9 Å². The summed E-state index contributed by atoms with van der Waals surface area (Å²) in [5, 5.41) is 13.3. The van der Waals surface area contributed by atoms with Crippen LogP contribution >= 0.6 is 0 Å². The molecular weight excluding hydrogens is 230 g/mol. The molecule has 0 saturated heterocycles. The van der Waals surface area contributed by atoms with Crippen molar-refractivity contribution < 1.29 is 18.4 Å². The Hall–Kier alpha value is -2.11. The highest BCUT2D eigenvalue weighted by molar-refractivity contribution is 5.71. The van der Waals surface area contributed by atoms with E-state index in [0.717, 1.165) is 0 Å². The monoisotopic (exact) mass is 240 g/mol. The fraction of sp³-hybridized carbons (Fsp3) is 0.182. The van der Waals surface area contributed by atoms with E-state index in [2.05, 4.69) is 9.68 Å². The number of alkyl halides is 2. The number of halogens is 2. The Kier molecular flexibility index (Phi) is 2.71. The van der Waals surface area contributed by atoms with Crippen LogP contribution in [0.2, 0.25) is 0 Å². The minimum Gasteiger partial charge on any atom is -0.507 e. The quantitative estimate of drug-likeness (QED) is 0.846. The Balaban J connectivity index is 2.61. The van der Waals surface area contributed by atoms with Gasteiger partial charge in [-0.2, -0.15) is 0 Å². The summed E-state index contributed by atoms with van der Waals surface area (Å²) in [6.45, 7) is 1.65. The van der Waals surface area contributed by atoms with E-state index >= 15 is 0 Å². The summed E-state index contributed by atoms with van der Waals surface area (Å²) in [7, 11) is 0. The lowest BCUT2D eigenvalue weighted by Crippen LogP contribution is -1.91. The van der Waals surface area contributed by atoms with Crippen molar-refractivity contribution in [2.45, 2.75) is 13.3 Å². The Labute approximate surface area is 95.6 Å². The maximum Gasteiger partial charge on any atom is 0.267 e. The van der Waals surface area contributed by atoms with Crippen molar-refractivity contribution in [1.82, 2.24) is 5.16 Å². The molecule has 0 radical (unpaired) electrons. The van der Waals surface area contributed by atoms with Gasteiger partial charge in [0.05, 0.1) is 5.56 Å². The molecule has 4 nitrogen and oxygen atoms in total. The molecule has 0 aliphatic heterocycles. The highest BCUT2D eigenvalue weighted by Crippen LogP contribution is 2.38. The number of anilines is 1. The Morgan fingerprint density at radius 2 is 2.06 bits per heavy atom. The lowest BCUT2D eigenvalue weighted by molar-refractivity contribution is 0.147. The molecule has 0 aliphatic carbocycles. The lowest BCUT2D eigenvalue weighted by atomic mass is 10.0. The summed E-state index contributed by atoms with van der Waals surface area (Å²) >= 11 is 0. The zero-order valence-corrected chi connectivity index (χ0v) is 8.95. The van der Waals surface area contributed by atoms with Crippen LogP contribution in [0.3, 0.4) is 0 Å². The minimum absolute atomic E-state index is 0.0551. The van der Waals surface area contributed by atoms with Crippen molar-refractivity contribution in [1.29, 1.82) is 0 Å². The average molecular weight is 240 g/mol. The van der Waals surface area contributed by atoms with Gasteiger partial charge in [-0.3, -0.25) is 0 Å². The largest absolute Gasteiger partial charge is 0.507 e. The molecule has 0 atom stereocenters. The molecule has 0 bridgehead atoms. The van der Waals surface area contributed by atoms with E-state index in [4.69, 9.17) is 5.73 Å². The molecule has 1 aromatic carbocycles. The second-order valence-corrected chi connectivity index (χ2v) is 3.67. The first-order chi connectivity index (χ1) is 7.99. The number of phenolic OH excluding ortho intramolecular Hbond substituents is 1. The number of aromatic hydroxyl groups is 1. The third-order valence-corrected chi connectivity index (χ3v) is 2.32. The van der Waals surface area contributed by atoms with Crippen LogP contribution in [0.1, 0.15) is 17.6 Å². The number of benzene rings is 1. The van der Waals surface area contributed by atoms with Gasteiger partial charge in [0.15, 0.2) is 0 Å². The van der Waals surface area contributed by atoms with E-state index in [1.54, 1.807) is 13.0 Å². The van der Waals surface area contributed by atoms with Crippen LogP contribution in [-0.4, -0.2) is 10.3 Å². The molecule has 17 heavy (non-hydrogen) atoms. The zero-order chi connectivity index (χ0) is 12.6. The fourth-order valence-corrected chi connectivity index (χ4v) is 1.58. The molecule has 0 fully saturated rings. The second kappa shape index (κ2) is 4.04. The molecule has 1 aromatic heterocycles. The van der Waals surface area contributed by atoms with Crippen LogP contribution in [-0.2, 0) is 0 Å². The van der Waals surface area contributed by atoms with Crippen LogP contribution in [0.15, 0.2) is 22.7 Å². The van der Waals surface area contributed by atoms with Crippen molar-refractivity contribution in [3.63, 3.8) is 0 Å². The molecule has 3 N–H and O–H groups in total. The van der Waals surface area contributed by atoms with E-state index in [1.807, 2.05) is 0 Å². The van der Waals surface area contributed by atoms with Crippen LogP contribution in [0, 0.1) is 6.92 Å². The summed E-state index contributed by atoms with van der Waals surface area (Å²) < 4.78 is 30.0. The summed E-state index contributed by atoms with van der Waals surface area (Å²) in [4.78, 5) is 0. The Morgan fingerprint density at radius 1 is 1.35 bits per heavy atom. The van der Waals surface area contributed by atoms with Crippen molar-refractivity contribution in [2.75, 3.05) is 5.73 Å². The number of rotatable bonds is 2. The Morgan fingerprint density at radius 3 is 2.59 bits per heavy atom. The number of aryl methyl sites for hydroxylation is 1. The predicted molar refractivity (Wildman–Crippen MR) is 57.7 cm³/mol. The number of aromatic nitrogens is 1. The van der Waals surface area contributed by atoms with Gasteiger partial charge in [-0.25, -0.2) is 8.78 Å². The van der Waals surface area contributed by atoms with Gasteiger partial charge in [0.2, 0.25) is 5.88 Å². The number of hydrogen-bond donors (Lipinski definition) is 2. The first-order valence-electron chi connectivity index (χ1n) is 4.83. The number of nitrogens with zero attached hydrogens (tertiary/aromatic N) is 1. The standard InChI is InChI=1S/C11H10F2N2O2/c1-5-2-6(8-4-9(14)17-15-8)10(16)7(3-5)11(12)13/h2-4,11,16H,14H2,1H3.